The minimum Gasteiger partial charge on any atom is -0.445 e. The van der Waals surface area contributed by atoms with Crippen LogP contribution in [-0.2, 0) is 27.4 Å². The van der Waals surface area contributed by atoms with E-state index in [2.05, 4.69) is 16.0 Å². The molecular weight excluding hydrogens is 643 g/mol. The molecule has 0 aromatic heterocycles. The summed E-state index contributed by atoms with van der Waals surface area (Å²) < 4.78 is 31.2. The van der Waals surface area contributed by atoms with Gasteiger partial charge in [0.1, 0.15) is 23.6 Å². The summed E-state index contributed by atoms with van der Waals surface area (Å²) in [6, 6.07) is 18.3. The first-order valence-electron chi connectivity index (χ1n) is 16.6. The summed E-state index contributed by atoms with van der Waals surface area (Å²) in [5, 5.41) is 7.79. The van der Waals surface area contributed by atoms with Crippen molar-refractivity contribution in [2.24, 2.45) is 0 Å². The first-order chi connectivity index (χ1) is 23.4. The van der Waals surface area contributed by atoms with Gasteiger partial charge >= 0.3 is 18.3 Å². The summed E-state index contributed by atoms with van der Waals surface area (Å²) in [6.45, 7) is 14.7. The topological polar surface area (TPSA) is 135 Å². The number of anilines is 2. The molecule has 3 aromatic carbocycles. The number of amides is 4. The summed E-state index contributed by atoms with van der Waals surface area (Å²) in [5.74, 6) is -1.30. The Kier molecular flexibility index (Phi) is 11.8. The van der Waals surface area contributed by atoms with Crippen molar-refractivity contribution in [3.8, 4) is 0 Å². The lowest BCUT2D eigenvalue weighted by Crippen LogP contribution is -2.42. The van der Waals surface area contributed by atoms with E-state index >= 15 is 0 Å². The molecule has 4 amide bonds. The Labute approximate surface area is 292 Å². The largest absolute Gasteiger partial charge is 0.445 e. The van der Waals surface area contributed by atoms with Crippen LogP contribution < -0.4 is 16.0 Å². The van der Waals surface area contributed by atoms with E-state index in [-0.39, 0.29) is 54.2 Å². The average Bonchev–Trinajstić information content (AvgIpc) is 3.78. The normalized spacial score (nSPS) is 15.5. The average molecular weight is 691 g/mol. The maximum Gasteiger partial charge on any atom is 0.412 e. The maximum atomic E-state index is 15.0. The second-order valence-electron chi connectivity index (χ2n) is 14.5. The highest BCUT2D eigenvalue weighted by Gasteiger charge is 2.47. The van der Waals surface area contributed by atoms with Crippen molar-refractivity contribution in [3.63, 3.8) is 0 Å². The van der Waals surface area contributed by atoms with Gasteiger partial charge in [0.2, 0.25) is 0 Å². The molecule has 0 heterocycles. The van der Waals surface area contributed by atoms with Crippen LogP contribution in [0.2, 0.25) is 0 Å². The van der Waals surface area contributed by atoms with Crippen LogP contribution in [0.25, 0.3) is 0 Å². The molecule has 268 valence electrons. The fraction of sp³-hybridized carbons (Fsp3) is 0.421. The highest BCUT2D eigenvalue weighted by Crippen LogP contribution is 2.46. The number of nitrogens with zero attached hydrogens (tertiary/aromatic N) is 1. The zero-order valence-corrected chi connectivity index (χ0v) is 29.9. The van der Waals surface area contributed by atoms with Crippen molar-refractivity contribution in [1.29, 1.82) is 0 Å². The van der Waals surface area contributed by atoms with E-state index < -0.39 is 35.1 Å². The van der Waals surface area contributed by atoms with Gasteiger partial charge in [0.25, 0.3) is 5.91 Å². The van der Waals surface area contributed by atoms with E-state index in [4.69, 9.17) is 14.2 Å². The molecule has 1 aliphatic rings. The molecule has 1 fully saturated rings. The van der Waals surface area contributed by atoms with Gasteiger partial charge in [-0.2, -0.15) is 0 Å². The van der Waals surface area contributed by atoms with Crippen molar-refractivity contribution in [1.82, 2.24) is 10.2 Å². The molecule has 0 aliphatic heterocycles. The van der Waals surface area contributed by atoms with Crippen LogP contribution >= 0.6 is 0 Å². The van der Waals surface area contributed by atoms with Crippen LogP contribution in [0.1, 0.15) is 94.8 Å². The number of alkyl carbamates (subject to hydrolysis) is 1. The number of ether oxygens (including phenoxy) is 3. The first-order valence-corrected chi connectivity index (χ1v) is 16.6. The van der Waals surface area contributed by atoms with E-state index in [1.165, 1.54) is 12.1 Å². The first kappa shape index (κ1) is 37.7. The standard InChI is InChI=1S/C38H47FN4O7/c1-23(2)43(36(47)50-38(6,7)8)32-20-28(32)26-16-13-24(14-17-26)22-48-34(45)40-21-25-15-18-27(29(39)19-25)33(44)41-30-11-9-10-12-31(30)42-35(46)49-37(3,4)5/h9-19,23,28,32H,20-22H2,1-8H3,(H,40,45)(H,41,44)(H,42,46)/t28?,32-/m0/s1. The smallest absolute Gasteiger partial charge is 0.412 e. The van der Waals surface area contributed by atoms with Gasteiger partial charge < -0.3 is 29.7 Å². The summed E-state index contributed by atoms with van der Waals surface area (Å²) in [5.41, 5.74) is 1.36. The number of nitrogens with one attached hydrogen (secondary N) is 3. The zero-order valence-electron chi connectivity index (χ0n) is 29.9. The molecule has 50 heavy (non-hydrogen) atoms. The van der Waals surface area contributed by atoms with Crippen LogP contribution in [0, 0.1) is 5.82 Å². The molecule has 0 bridgehead atoms. The van der Waals surface area contributed by atoms with E-state index in [1.807, 2.05) is 58.9 Å². The quantitative estimate of drug-likeness (QED) is 0.182. The van der Waals surface area contributed by atoms with Crippen LogP contribution in [-0.4, -0.2) is 52.4 Å². The molecule has 1 unspecified atom stereocenters. The Balaban J connectivity index is 1.25. The number of benzene rings is 3. The van der Waals surface area contributed by atoms with Crippen LogP contribution in [0.4, 0.5) is 30.1 Å². The second kappa shape index (κ2) is 15.6. The van der Waals surface area contributed by atoms with E-state index in [0.29, 0.717) is 5.56 Å². The van der Waals surface area contributed by atoms with Gasteiger partial charge in [0.05, 0.1) is 16.9 Å². The van der Waals surface area contributed by atoms with E-state index in [9.17, 15) is 23.6 Å². The van der Waals surface area contributed by atoms with Crippen molar-refractivity contribution < 1.29 is 37.8 Å². The van der Waals surface area contributed by atoms with Gasteiger partial charge in [0, 0.05) is 24.5 Å². The van der Waals surface area contributed by atoms with Gasteiger partial charge in [-0.05, 0) is 103 Å². The van der Waals surface area contributed by atoms with Gasteiger partial charge in [-0.3, -0.25) is 10.1 Å². The van der Waals surface area contributed by atoms with Gasteiger partial charge in [-0.25, -0.2) is 18.8 Å². The molecule has 0 radical (unpaired) electrons. The maximum absolute atomic E-state index is 15.0. The third-order valence-electron chi connectivity index (χ3n) is 7.58. The zero-order chi connectivity index (χ0) is 36.8. The number of halogens is 1. The number of para-hydroxylation sites is 2. The molecule has 1 saturated carbocycles. The number of carbonyl (C=O) groups excluding carboxylic acids is 4. The van der Waals surface area contributed by atoms with Crippen molar-refractivity contribution in [3.05, 3.63) is 94.8 Å². The predicted molar refractivity (Wildman–Crippen MR) is 188 cm³/mol. The summed E-state index contributed by atoms with van der Waals surface area (Å²) in [7, 11) is 0. The monoisotopic (exact) mass is 690 g/mol. The molecule has 2 atom stereocenters. The lowest BCUT2D eigenvalue weighted by Gasteiger charge is -2.30. The Hall–Kier alpha value is -5.13. The van der Waals surface area contributed by atoms with E-state index in [0.717, 1.165) is 23.6 Å². The molecule has 12 heteroatoms. The molecule has 1 aliphatic carbocycles. The Morgan fingerprint density at radius 1 is 0.820 bits per heavy atom. The Bertz CT molecular complexity index is 1700. The van der Waals surface area contributed by atoms with E-state index in [1.54, 1.807) is 49.9 Å². The summed E-state index contributed by atoms with van der Waals surface area (Å²) >= 11 is 0. The second-order valence-corrected chi connectivity index (χ2v) is 14.5. The number of hydrogen-bond donors (Lipinski definition) is 3. The Morgan fingerprint density at radius 2 is 1.42 bits per heavy atom. The molecule has 3 N–H and O–H groups in total. The Morgan fingerprint density at radius 3 is 2.00 bits per heavy atom. The fourth-order valence-corrected chi connectivity index (χ4v) is 5.28. The van der Waals surface area contributed by atoms with Crippen molar-refractivity contribution in [2.75, 3.05) is 10.6 Å². The summed E-state index contributed by atoms with van der Waals surface area (Å²) in [6.07, 6.45) is -0.842. The van der Waals surface area contributed by atoms with Gasteiger partial charge in [0.15, 0.2) is 0 Å². The van der Waals surface area contributed by atoms with Gasteiger partial charge in [-0.1, -0.05) is 42.5 Å². The highest BCUT2D eigenvalue weighted by atomic mass is 19.1. The lowest BCUT2D eigenvalue weighted by atomic mass is 10.1. The lowest BCUT2D eigenvalue weighted by molar-refractivity contribution is 0.0167. The third-order valence-corrected chi connectivity index (χ3v) is 7.58. The van der Waals surface area contributed by atoms with Crippen LogP contribution in [0.15, 0.2) is 66.7 Å². The molecule has 0 saturated heterocycles. The van der Waals surface area contributed by atoms with Crippen molar-refractivity contribution >= 4 is 35.6 Å². The SMILES string of the molecule is CC(C)N(C(=O)OC(C)(C)C)[C@H]1CC1c1ccc(COC(=O)NCc2ccc(C(=O)Nc3ccccc3NC(=O)OC(C)(C)C)c(F)c2)cc1. The number of hydrogen-bond acceptors (Lipinski definition) is 7. The third kappa shape index (κ3) is 10.9. The minimum absolute atomic E-state index is 0.00407. The minimum atomic E-state index is -0.784. The predicted octanol–water partition coefficient (Wildman–Crippen LogP) is 8.35. The van der Waals surface area contributed by atoms with Crippen LogP contribution in [0.5, 0.6) is 0 Å². The number of rotatable bonds is 10. The van der Waals surface area contributed by atoms with Gasteiger partial charge in [-0.15, -0.1) is 0 Å². The molecular formula is C38H47FN4O7. The van der Waals surface area contributed by atoms with Crippen molar-refractivity contribution in [2.45, 2.75) is 104 Å². The van der Waals surface area contributed by atoms with Crippen LogP contribution in [0.3, 0.4) is 0 Å². The molecule has 4 rings (SSSR count). The summed E-state index contributed by atoms with van der Waals surface area (Å²) in [4.78, 5) is 52.1. The number of carbonyl (C=O) groups is 4. The highest BCUT2D eigenvalue weighted by molar-refractivity contribution is 6.07. The fourth-order valence-electron chi connectivity index (χ4n) is 5.28. The molecule has 0 spiro atoms. The molecule has 3 aromatic rings. The molecule has 11 nitrogen and oxygen atoms in total.